The minimum absolute atomic E-state index is 0.0216. The van der Waals surface area contributed by atoms with Crippen molar-refractivity contribution in [2.24, 2.45) is 5.92 Å². The van der Waals surface area contributed by atoms with Gasteiger partial charge in [-0.05, 0) is 37.8 Å². The lowest BCUT2D eigenvalue weighted by molar-refractivity contribution is -0.141. The first-order valence-electron chi connectivity index (χ1n) is 10.3. The lowest BCUT2D eigenvalue weighted by atomic mass is 9.95. The molecule has 3 amide bonds. The number of hydrogen-bond donors (Lipinski definition) is 1. The quantitative estimate of drug-likeness (QED) is 0.575. The molecule has 1 aromatic rings. The standard InChI is InChI=1S/C21H26FN3O5/c1-29-21(30-2)12-5-8-24(9-6-12)17-11-14-13(10-15(17)22)19(27)25(20(14)28)16-4-3-7-23-18(16)26/h10-12,16,21H,3-9H2,1-2H3,(H,23,26). The third kappa shape index (κ3) is 3.45. The maximum atomic E-state index is 14.9. The highest BCUT2D eigenvalue weighted by atomic mass is 19.1. The smallest absolute Gasteiger partial charge is 0.262 e. The van der Waals surface area contributed by atoms with Crippen molar-refractivity contribution in [3.05, 3.63) is 29.1 Å². The van der Waals surface area contributed by atoms with Gasteiger partial charge in [-0.15, -0.1) is 0 Å². The second-order valence-corrected chi connectivity index (χ2v) is 7.94. The molecule has 1 N–H and O–H groups in total. The van der Waals surface area contributed by atoms with Crippen LogP contribution in [-0.2, 0) is 14.3 Å². The molecule has 4 rings (SSSR count). The summed E-state index contributed by atoms with van der Waals surface area (Å²) in [4.78, 5) is 40.8. The average molecular weight is 419 g/mol. The van der Waals surface area contributed by atoms with E-state index in [9.17, 15) is 18.8 Å². The Balaban J connectivity index is 1.56. The Morgan fingerprint density at radius 3 is 2.27 bits per heavy atom. The van der Waals surface area contributed by atoms with Gasteiger partial charge in [0.05, 0.1) is 16.8 Å². The molecule has 0 aromatic heterocycles. The van der Waals surface area contributed by atoms with Crippen molar-refractivity contribution in [3.63, 3.8) is 0 Å². The Morgan fingerprint density at radius 2 is 1.67 bits per heavy atom. The van der Waals surface area contributed by atoms with Crippen molar-refractivity contribution < 1.29 is 28.2 Å². The predicted molar refractivity (Wildman–Crippen MR) is 106 cm³/mol. The highest BCUT2D eigenvalue weighted by Gasteiger charge is 2.44. The van der Waals surface area contributed by atoms with Gasteiger partial charge in [-0.1, -0.05) is 0 Å². The van der Waals surface area contributed by atoms with Crippen molar-refractivity contribution in [2.75, 3.05) is 38.8 Å². The van der Waals surface area contributed by atoms with Crippen LogP contribution in [0.15, 0.2) is 12.1 Å². The molecular formula is C21H26FN3O5. The van der Waals surface area contributed by atoms with Crippen LogP contribution in [0.4, 0.5) is 10.1 Å². The highest BCUT2D eigenvalue weighted by Crippen LogP contribution is 2.34. The van der Waals surface area contributed by atoms with Crippen LogP contribution in [0.2, 0.25) is 0 Å². The third-order valence-electron chi connectivity index (χ3n) is 6.28. The number of carbonyl (C=O) groups excluding carboxylic acids is 3. The maximum Gasteiger partial charge on any atom is 0.262 e. The van der Waals surface area contributed by atoms with Crippen LogP contribution in [0.25, 0.3) is 0 Å². The topological polar surface area (TPSA) is 88.2 Å². The average Bonchev–Trinajstić information content (AvgIpc) is 2.99. The summed E-state index contributed by atoms with van der Waals surface area (Å²) in [5.74, 6) is -1.82. The molecule has 30 heavy (non-hydrogen) atoms. The monoisotopic (exact) mass is 419 g/mol. The van der Waals surface area contributed by atoms with Crippen LogP contribution in [-0.4, -0.2) is 68.8 Å². The fraction of sp³-hybridized carbons (Fsp3) is 0.571. The summed E-state index contributed by atoms with van der Waals surface area (Å²) in [6.07, 6.45) is 2.31. The number of piperidine rings is 2. The van der Waals surface area contributed by atoms with E-state index in [2.05, 4.69) is 5.32 Å². The Bertz CT molecular complexity index is 864. The minimum atomic E-state index is -0.839. The molecule has 1 aromatic carbocycles. The van der Waals surface area contributed by atoms with Crippen LogP contribution < -0.4 is 10.2 Å². The third-order valence-corrected chi connectivity index (χ3v) is 6.28. The number of carbonyl (C=O) groups is 3. The molecule has 1 unspecified atom stereocenters. The molecule has 2 fully saturated rings. The number of hydrogen-bond acceptors (Lipinski definition) is 6. The van der Waals surface area contributed by atoms with Crippen LogP contribution in [0, 0.1) is 11.7 Å². The molecule has 0 spiro atoms. The Labute approximate surface area is 174 Å². The lowest BCUT2D eigenvalue weighted by Crippen LogP contribution is -2.52. The SMILES string of the molecule is COC(OC)C1CCN(c2cc3c(cc2F)C(=O)N(C2CCCNC2=O)C3=O)CC1. The number of amides is 3. The van der Waals surface area contributed by atoms with Crippen LogP contribution in [0.5, 0.6) is 0 Å². The first kappa shape index (κ1) is 20.7. The van der Waals surface area contributed by atoms with E-state index in [1.165, 1.54) is 6.07 Å². The molecular weight excluding hydrogens is 393 g/mol. The Morgan fingerprint density at radius 1 is 1.03 bits per heavy atom. The van der Waals surface area contributed by atoms with Crippen molar-refractivity contribution in [1.29, 1.82) is 0 Å². The van der Waals surface area contributed by atoms with Gasteiger partial charge in [0.25, 0.3) is 11.8 Å². The number of methoxy groups -OCH3 is 2. The zero-order chi connectivity index (χ0) is 21.4. The number of benzene rings is 1. The summed E-state index contributed by atoms with van der Waals surface area (Å²) in [5.41, 5.74) is 0.478. The largest absolute Gasteiger partial charge is 0.369 e. The van der Waals surface area contributed by atoms with Gasteiger partial charge in [0.2, 0.25) is 5.91 Å². The molecule has 0 aliphatic carbocycles. The summed E-state index contributed by atoms with van der Waals surface area (Å²) >= 11 is 0. The van der Waals surface area contributed by atoms with Gasteiger partial charge in [-0.25, -0.2) is 4.39 Å². The van der Waals surface area contributed by atoms with E-state index in [0.717, 1.165) is 23.8 Å². The van der Waals surface area contributed by atoms with Crippen molar-refractivity contribution >= 4 is 23.4 Å². The van der Waals surface area contributed by atoms with E-state index in [1.54, 1.807) is 14.2 Å². The molecule has 3 aliphatic heterocycles. The lowest BCUT2D eigenvalue weighted by Gasteiger charge is -2.36. The van der Waals surface area contributed by atoms with Gasteiger partial charge in [0.15, 0.2) is 6.29 Å². The second-order valence-electron chi connectivity index (χ2n) is 7.94. The molecule has 0 saturated carbocycles. The van der Waals surface area contributed by atoms with Gasteiger partial charge >= 0.3 is 0 Å². The first-order valence-corrected chi connectivity index (χ1v) is 10.3. The number of rotatable bonds is 5. The number of ether oxygens (including phenoxy) is 2. The predicted octanol–water partition coefficient (Wildman–Crippen LogP) is 1.54. The van der Waals surface area contributed by atoms with E-state index in [0.29, 0.717) is 38.2 Å². The fourth-order valence-corrected chi connectivity index (χ4v) is 4.69. The summed E-state index contributed by atoms with van der Waals surface area (Å²) < 4.78 is 25.6. The van der Waals surface area contributed by atoms with E-state index in [-0.39, 0.29) is 29.2 Å². The van der Waals surface area contributed by atoms with Gasteiger partial charge in [0, 0.05) is 39.8 Å². The Kier molecular flexibility index (Phi) is 5.75. The summed E-state index contributed by atoms with van der Waals surface area (Å²) in [6, 6.07) is 1.74. The molecule has 1 atom stereocenters. The zero-order valence-corrected chi connectivity index (χ0v) is 17.2. The molecule has 162 valence electrons. The summed E-state index contributed by atoms with van der Waals surface area (Å²) in [5, 5.41) is 2.69. The van der Waals surface area contributed by atoms with Gasteiger partial charge < -0.3 is 19.7 Å². The molecule has 0 radical (unpaired) electrons. The normalized spacial score (nSPS) is 22.7. The number of anilines is 1. The fourth-order valence-electron chi connectivity index (χ4n) is 4.69. The maximum absolute atomic E-state index is 14.9. The van der Waals surface area contributed by atoms with E-state index < -0.39 is 23.7 Å². The van der Waals surface area contributed by atoms with Crippen molar-refractivity contribution in [2.45, 2.75) is 38.0 Å². The van der Waals surface area contributed by atoms with E-state index in [4.69, 9.17) is 9.47 Å². The molecule has 0 bridgehead atoms. The number of fused-ring (bicyclic) bond motifs is 1. The highest BCUT2D eigenvalue weighted by molar-refractivity contribution is 6.23. The summed E-state index contributed by atoms with van der Waals surface area (Å²) in [7, 11) is 3.20. The second kappa shape index (κ2) is 8.31. The van der Waals surface area contributed by atoms with E-state index in [1.807, 2.05) is 4.90 Å². The molecule has 9 heteroatoms. The van der Waals surface area contributed by atoms with Crippen LogP contribution >= 0.6 is 0 Å². The van der Waals surface area contributed by atoms with Crippen LogP contribution in [0.3, 0.4) is 0 Å². The van der Waals surface area contributed by atoms with Crippen molar-refractivity contribution in [3.8, 4) is 0 Å². The number of imide groups is 1. The van der Waals surface area contributed by atoms with Gasteiger partial charge in [-0.2, -0.15) is 0 Å². The summed E-state index contributed by atoms with van der Waals surface area (Å²) in [6.45, 7) is 1.70. The van der Waals surface area contributed by atoms with E-state index >= 15 is 0 Å². The zero-order valence-electron chi connectivity index (χ0n) is 17.2. The Hall–Kier alpha value is -2.52. The number of nitrogens with zero attached hydrogens (tertiary/aromatic N) is 2. The van der Waals surface area contributed by atoms with Crippen LogP contribution in [0.1, 0.15) is 46.4 Å². The molecule has 3 aliphatic rings. The number of nitrogens with one attached hydrogen (secondary N) is 1. The molecule has 8 nitrogen and oxygen atoms in total. The molecule has 3 heterocycles. The number of halogens is 1. The molecule has 2 saturated heterocycles. The van der Waals surface area contributed by atoms with Gasteiger partial charge in [-0.3, -0.25) is 19.3 Å². The van der Waals surface area contributed by atoms with Gasteiger partial charge in [0.1, 0.15) is 11.9 Å². The van der Waals surface area contributed by atoms with Crippen molar-refractivity contribution in [1.82, 2.24) is 10.2 Å². The first-order chi connectivity index (χ1) is 14.5. The minimum Gasteiger partial charge on any atom is -0.369 e.